The molecule has 0 saturated carbocycles. The van der Waals surface area contributed by atoms with Gasteiger partial charge in [-0.3, -0.25) is 29.9 Å². The summed E-state index contributed by atoms with van der Waals surface area (Å²) in [6.45, 7) is 0. The van der Waals surface area contributed by atoms with Crippen molar-refractivity contribution in [3.63, 3.8) is 0 Å². The first-order valence-electron chi connectivity index (χ1n) is 15.3. The van der Waals surface area contributed by atoms with Crippen molar-refractivity contribution in [2.45, 2.75) is 5.92 Å². The third-order valence-electron chi connectivity index (χ3n) is 9.00. The molecule has 5 aromatic heterocycles. The highest BCUT2D eigenvalue weighted by molar-refractivity contribution is 6.14. The lowest BCUT2D eigenvalue weighted by Crippen LogP contribution is -2.24. The number of anilines is 4. The molecule has 10 rings (SSSR count). The van der Waals surface area contributed by atoms with E-state index in [0.29, 0.717) is 0 Å². The molecule has 9 heteroatoms. The van der Waals surface area contributed by atoms with Gasteiger partial charge in [0.15, 0.2) is 0 Å². The Balaban J connectivity index is 1.29. The fraction of sp³-hybridized carbons (Fsp3) is 0.0263. The van der Waals surface area contributed by atoms with Crippen LogP contribution in [-0.2, 0) is 0 Å². The molecule has 0 radical (unpaired) electrons. The fourth-order valence-corrected chi connectivity index (χ4v) is 7.01. The normalized spacial score (nSPS) is 17.2. The minimum atomic E-state index is 0.0336. The number of fused-ring (bicyclic) bond motifs is 8. The SMILES string of the molecule is C1=C2C=NC=CC=1N(c1cc(N3C4=CC(C=NC=C4)c4cnccc43)cc(-n3c4ccncc4c4cnccc43)c1)c1ccncc12. The Bertz CT molecular complexity index is 2490. The van der Waals surface area contributed by atoms with Crippen LogP contribution in [0.2, 0.25) is 0 Å². The highest BCUT2D eigenvalue weighted by Gasteiger charge is 2.30. The number of nitrogens with zero attached hydrogens (tertiary/aromatic N) is 9. The Morgan fingerprint density at radius 3 is 2.15 bits per heavy atom. The molecular weight excluding hydrogens is 582 g/mol. The summed E-state index contributed by atoms with van der Waals surface area (Å²) < 4.78 is 2.29. The largest absolute Gasteiger partial charge is 0.310 e. The molecule has 0 N–H and O–H groups in total. The molecule has 4 aliphatic rings. The Hall–Kier alpha value is -6.70. The van der Waals surface area contributed by atoms with E-state index in [1.54, 1.807) is 0 Å². The zero-order valence-electron chi connectivity index (χ0n) is 24.8. The number of rotatable bonds is 3. The van der Waals surface area contributed by atoms with Crippen LogP contribution in [0, 0.1) is 0 Å². The Morgan fingerprint density at radius 2 is 1.32 bits per heavy atom. The average Bonchev–Trinajstić information content (AvgIpc) is 3.21. The third-order valence-corrected chi connectivity index (χ3v) is 9.00. The van der Waals surface area contributed by atoms with E-state index in [4.69, 9.17) is 0 Å². The van der Waals surface area contributed by atoms with Crippen molar-refractivity contribution >= 4 is 62.6 Å². The maximum atomic E-state index is 4.55. The molecule has 6 aromatic rings. The number of allylic oxidation sites excluding steroid dienone is 3. The highest BCUT2D eigenvalue weighted by Crippen LogP contribution is 2.46. The first-order valence-corrected chi connectivity index (χ1v) is 15.3. The lowest BCUT2D eigenvalue weighted by atomic mass is 9.94. The summed E-state index contributed by atoms with van der Waals surface area (Å²) in [7, 11) is 0. The second kappa shape index (κ2) is 9.90. The van der Waals surface area contributed by atoms with Crippen molar-refractivity contribution in [3.8, 4) is 5.69 Å². The zero-order valence-corrected chi connectivity index (χ0v) is 24.8. The molecule has 0 amide bonds. The number of pyridine rings is 4. The molecule has 220 valence electrons. The van der Waals surface area contributed by atoms with E-state index in [1.165, 1.54) is 0 Å². The number of aliphatic imine (C=N–C) groups is 2. The van der Waals surface area contributed by atoms with Crippen molar-refractivity contribution < 1.29 is 0 Å². The second-order valence-electron chi connectivity index (χ2n) is 11.6. The van der Waals surface area contributed by atoms with Gasteiger partial charge < -0.3 is 14.4 Å². The summed E-state index contributed by atoms with van der Waals surface area (Å²) in [5.41, 5.74) is 15.6. The minimum absolute atomic E-state index is 0.0336. The number of hydrogen-bond acceptors (Lipinski definition) is 8. The molecule has 0 spiro atoms. The molecular formula is C38H23N9. The quantitative estimate of drug-likeness (QED) is 0.192. The van der Waals surface area contributed by atoms with Gasteiger partial charge in [0, 0.05) is 113 Å². The van der Waals surface area contributed by atoms with Crippen LogP contribution in [0.25, 0.3) is 33.1 Å². The van der Waals surface area contributed by atoms with Crippen LogP contribution in [0.4, 0.5) is 22.7 Å². The van der Waals surface area contributed by atoms with Crippen molar-refractivity contribution in [2.24, 2.45) is 9.98 Å². The van der Waals surface area contributed by atoms with Gasteiger partial charge in [0.25, 0.3) is 0 Å². The Morgan fingerprint density at radius 1 is 0.638 bits per heavy atom. The molecule has 1 atom stereocenters. The summed E-state index contributed by atoms with van der Waals surface area (Å²) in [5.74, 6) is 0.0336. The topological polar surface area (TPSA) is 87.7 Å². The molecule has 9 nitrogen and oxygen atoms in total. The summed E-state index contributed by atoms with van der Waals surface area (Å²) in [4.78, 5) is 31.4. The number of aromatic nitrogens is 5. The molecule has 1 aromatic carbocycles. The van der Waals surface area contributed by atoms with Gasteiger partial charge in [-0.05, 0) is 60.7 Å². The molecule has 0 saturated heterocycles. The fourth-order valence-electron chi connectivity index (χ4n) is 7.01. The van der Waals surface area contributed by atoms with Gasteiger partial charge >= 0.3 is 0 Å². The first-order chi connectivity index (χ1) is 23.3. The molecule has 0 aliphatic carbocycles. The van der Waals surface area contributed by atoms with E-state index < -0.39 is 0 Å². The van der Waals surface area contributed by atoms with Crippen LogP contribution in [0.1, 0.15) is 17.0 Å². The predicted molar refractivity (Wildman–Crippen MR) is 186 cm³/mol. The van der Waals surface area contributed by atoms with Crippen molar-refractivity contribution in [3.05, 3.63) is 151 Å². The lowest BCUT2D eigenvalue weighted by molar-refractivity contribution is 1.02. The smallest absolute Gasteiger partial charge is 0.0913 e. The monoisotopic (exact) mass is 605 g/mol. The van der Waals surface area contributed by atoms with Crippen LogP contribution in [0.15, 0.2) is 150 Å². The van der Waals surface area contributed by atoms with Gasteiger partial charge in [-0.2, -0.15) is 0 Å². The number of benzene rings is 1. The van der Waals surface area contributed by atoms with Crippen LogP contribution >= 0.6 is 0 Å². The van der Waals surface area contributed by atoms with Crippen LogP contribution < -0.4 is 9.80 Å². The molecule has 9 heterocycles. The van der Waals surface area contributed by atoms with Gasteiger partial charge in [-0.1, -0.05) is 5.73 Å². The summed E-state index contributed by atoms with van der Waals surface area (Å²) in [5, 5.41) is 2.08. The molecule has 47 heavy (non-hydrogen) atoms. The van der Waals surface area contributed by atoms with Crippen molar-refractivity contribution in [2.75, 3.05) is 9.80 Å². The van der Waals surface area contributed by atoms with Crippen molar-refractivity contribution in [1.82, 2.24) is 24.5 Å². The van der Waals surface area contributed by atoms with Gasteiger partial charge in [0.2, 0.25) is 0 Å². The molecule has 0 fully saturated rings. The third kappa shape index (κ3) is 3.84. The maximum Gasteiger partial charge on any atom is 0.0913 e. The minimum Gasteiger partial charge on any atom is -0.310 e. The molecule has 4 aliphatic heterocycles. The first kappa shape index (κ1) is 25.6. The van der Waals surface area contributed by atoms with E-state index in [9.17, 15) is 0 Å². The molecule has 4 bridgehead atoms. The van der Waals surface area contributed by atoms with E-state index >= 15 is 0 Å². The zero-order chi connectivity index (χ0) is 30.9. The lowest BCUT2D eigenvalue weighted by Gasteiger charge is -2.35. The summed E-state index contributed by atoms with van der Waals surface area (Å²) in [6.07, 6.45) is 28.8. The van der Waals surface area contributed by atoms with E-state index in [1.807, 2.05) is 86.5 Å². The van der Waals surface area contributed by atoms with Gasteiger partial charge in [-0.25, -0.2) is 0 Å². The van der Waals surface area contributed by atoms with Gasteiger partial charge in [0.1, 0.15) is 0 Å². The Labute approximate surface area is 268 Å². The van der Waals surface area contributed by atoms with E-state index in [-0.39, 0.29) is 5.92 Å². The number of hydrogen-bond donors (Lipinski definition) is 0. The average molecular weight is 606 g/mol. The predicted octanol–water partition coefficient (Wildman–Crippen LogP) is 7.70. The van der Waals surface area contributed by atoms with Crippen LogP contribution in [0.5, 0.6) is 0 Å². The highest BCUT2D eigenvalue weighted by atomic mass is 15.2. The van der Waals surface area contributed by atoms with Crippen molar-refractivity contribution in [1.29, 1.82) is 0 Å². The van der Waals surface area contributed by atoms with Gasteiger partial charge in [0.05, 0.1) is 45.2 Å². The summed E-state index contributed by atoms with van der Waals surface area (Å²) >= 11 is 0. The Kier molecular flexibility index (Phi) is 5.40. The van der Waals surface area contributed by atoms with Crippen LogP contribution in [-0.4, -0.2) is 36.9 Å². The molecule has 1 unspecified atom stereocenters. The maximum absolute atomic E-state index is 4.55. The van der Waals surface area contributed by atoms with Crippen LogP contribution in [0.3, 0.4) is 0 Å². The summed E-state index contributed by atoms with van der Waals surface area (Å²) in [6, 6.07) is 15.0. The second-order valence-corrected chi connectivity index (χ2v) is 11.6. The van der Waals surface area contributed by atoms with Gasteiger partial charge in [-0.15, -0.1) is 0 Å². The van der Waals surface area contributed by atoms with E-state index in [2.05, 4.69) is 98.6 Å². The standard InChI is InChI=1S/C38H23N9/c1-7-39-18-24-13-26(1)45(35-3-9-41-20-31(24)35)28-15-29(46-27-2-8-40-19-25(14-27)32-21-42-10-4-36(32)46)17-30(16-28)47-37-5-11-43-22-33(37)34-23-44-12-6-38(34)47/h1-13,15-24H. The van der Waals surface area contributed by atoms with E-state index in [0.717, 1.165) is 78.3 Å².